The zero-order valence-corrected chi connectivity index (χ0v) is 35.5. The van der Waals surface area contributed by atoms with E-state index in [4.69, 9.17) is 37.9 Å². The standard InChI is InChI=1S/C42H68O22/c43-14-26-30(49)33(52)36(55)40(61-26)59-24-12-21(47)11-23-22(24)13-25(38(58-23)18-4-8-20(46)9-5-18)60-42-39(64-41-37(56)34(53)31(50)27(15-44)62-41)35(54)32(51)28(63-42)16-57-29(48)10-3-17-1-6-19(45)7-2-17/h3,10,17-28,30-47,49-56H,1-2,4-9,11-16H2. The van der Waals surface area contributed by atoms with Crippen LogP contribution >= 0.6 is 0 Å². The number of esters is 1. The lowest BCUT2D eigenvalue weighted by molar-refractivity contribution is -0.380. The van der Waals surface area contributed by atoms with Crippen LogP contribution in [0.1, 0.15) is 70.6 Å². The van der Waals surface area contributed by atoms with E-state index in [0.29, 0.717) is 51.4 Å². The van der Waals surface area contributed by atoms with Crippen LogP contribution in [-0.2, 0) is 42.7 Å². The molecule has 0 aromatic rings. The highest BCUT2D eigenvalue weighted by Crippen LogP contribution is 2.45. The van der Waals surface area contributed by atoms with Crippen molar-refractivity contribution in [1.82, 2.24) is 0 Å². The largest absolute Gasteiger partial charge is 0.460 e. The van der Waals surface area contributed by atoms with Gasteiger partial charge in [0.05, 0.1) is 55.9 Å². The predicted octanol–water partition coefficient (Wildman–Crippen LogP) is -4.68. The molecule has 368 valence electrons. The van der Waals surface area contributed by atoms with Gasteiger partial charge in [-0.3, -0.25) is 0 Å². The molecule has 0 aromatic heterocycles. The first kappa shape index (κ1) is 50.3. The molecule has 0 aromatic carbocycles. The maximum absolute atomic E-state index is 12.9. The Morgan fingerprint density at radius 1 is 0.516 bits per heavy atom. The van der Waals surface area contributed by atoms with Gasteiger partial charge in [0.2, 0.25) is 0 Å². The lowest BCUT2D eigenvalue weighted by atomic mass is 9.73. The Morgan fingerprint density at radius 3 is 1.64 bits per heavy atom. The Kier molecular flexibility index (Phi) is 17.5. The van der Waals surface area contributed by atoms with Crippen molar-refractivity contribution < 1.29 is 109 Å². The minimum atomic E-state index is -1.92. The third kappa shape index (κ3) is 11.5. The predicted molar refractivity (Wildman–Crippen MR) is 211 cm³/mol. The van der Waals surface area contributed by atoms with Crippen molar-refractivity contribution in [3.8, 4) is 0 Å². The molecule has 4 heterocycles. The number of rotatable bonds is 13. The number of ether oxygens (including phenoxy) is 8. The van der Waals surface area contributed by atoms with Crippen LogP contribution in [0.15, 0.2) is 12.2 Å². The number of carbonyl (C=O) groups excluding carboxylic acids is 1. The molecule has 22 nitrogen and oxygen atoms in total. The molecule has 3 saturated carbocycles. The summed E-state index contributed by atoms with van der Waals surface area (Å²) in [4.78, 5) is 12.9. The van der Waals surface area contributed by atoms with Gasteiger partial charge in [-0.2, -0.15) is 0 Å². The Bertz CT molecular complexity index is 1490. The van der Waals surface area contributed by atoms with Crippen molar-refractivity contribution in [2.75, 3.05) is 19.8 Å². The molecular weight excluding hydrogens is 856 g/mol. The second kappa shape index (κ2) is 22.2. The van der Waals surface area contributed by atoms with Gasteiger partial charge in [-0.15, -0.1) is 0 Å². The van der Waals surface area contributed by atoms with Gasteiger partial charge in [-0.25, -0.2) is 4.79 Å². The number of allylic oxidation sites excluding steroid dienone is 1. The van der Waals surface area contributed by atoms with Gasteiger partial charge < -0.3 is 104 Å². The van der Waals surface area contributed by atoms with Crippen molar-refractivity contribution in [3.05, 3.63) is 12.2 Å². The first-order valence-corrected chi connectivity index (χ1v) is 22.7. The average molecular weight is 925 g/mol. The first-order valence-electron chi connectivity index (χ1n) is 22.7. The van der Waals surface area contributed by atoms with Gasteiger partial charge >= 0.3 is 5.97 Å². The van der Waals surface area contributed by atoms with Gasteiger partial charge in [-0.1, -0.05) is 6.08 Å². The smallest absolute Gasteiger partial charge is 0.330 e. The van der Waals surface area contributed by atoms with E-state index in [1.54, 1.807) is 6.08 Å². The number of hydrogen-bond donors (Lipinski definition) is 13. The van der Waals surface area contributed by atoms with E-state index < -0.39 is 160 Å². The molecular formula is C42H68O22. The molecule has 0 spiro atoms. The molecule has 3 aliphatic carbocycles. The van der Waals surface area contributed by atoms with Crippen molar-refractivity contribution >= 4 is 5.97 Å². The third-order valence-electron chi connectivity index (χ3n) is 14.3. The van der Waals surface area contributed by atoms with Crippen LogP contribution in [0, 0.1) is 17.8 Å². The summed E-state index contributed by atoms with van der Waals surface area (Å²) in [5.74, 6) is -1.52. The van der Waals surface area contributed by atoms with Crippen molar-refractivity contribution in [2.24, 2.45) is 17.8 Å². The second-order valence-corrected chi connectivity index (χ2v) is 18.7. The van der Waals surface area contributed by atoms with Gasteiger partial charge in [0.25, 0.3) is 0 Å². The number of aliphatic hydroxyl groups excluding tert-OH is 13. The van der Waals surface area contributed by atoms with Crippen molar-refractivity contribution in [2.45, 2.75) is 205 Å². The summed E-state index contributed by atoms with van der Waals surface area (Å²) in [6, 6.07) is 0. The average Bonchev–Trinajstić information content (AvgIpc) is 3.28. The molecule has 0 bridgehead atoms. The fourth-order valence-corrected chi connectivity index (χ4v) is 10.4. The van der Waals surface area contributed by atoms with Crippen LogP contribution in [0.25, 0.3) is 0 Å². The second-order valence-electron chi connectivity index (χ2n) is 18.7. The fourth-order valence-electron chi connectivity index (χ4n) is 10.4. The lowest BCUT2D eigenvalue weighted by Gasteiger charge is -2.52. The fraction of sp³-hybridized carbons (Fsp3) is 0.929. The van der Waals surface area contributed by atoms with Gasteiger partial charge in [-0.05, 0) is 76.0 Å². The molecule has 7 fully saturated rings. The van der Waals surface area contributed by atoms with Crippen LogP contribution < -0.4 is 0 Å². The molecule has 21 unspecified atom stereocenters. The number of hydrogen-bond acceptors (Lipinski definition) is 22. The summed E-state index contributed by atoms with van der Waals surface area (Å²) in [6.45, 7) is -2.05. The molecule has 4 aliphatic heterocycles. The third-order valence-corrected chi connectivity index (χ3v) is 14.3. The summed E-state index contributed by atoms with van der Waals surface area (Å²) in [5.41, 5.74) is 0. The molecule has 7 rings (SSSR count). The summed E-state index contributed by atoms with van der Waals surface area (Å²) in [6.07, 6.45) is -22.5. The molecule has 21 atom stereocenters. The minimum absolute atomic E-state index is 0.0187. The van der Waals surface area contributed by atoms with E-state index in [1.165, 1.54) is 6.08 Å². The minimum Gasteiger partial charge on any atom is -0.460 e. The molecule has 0 amide bonds. The molecule has 64 heavy (non-hydrogen) atoms. The van der Waals surface area contributed by atoms with Gasteiger partial charge in [0.1, 0.15) is 79.9 Å². The highest BCUT2D eigenvalue weighted by atomic mass is 16.8. The topological polar surface area (TPSA) is 354 Å². The highest BCUT2D eigenvalue weighted by molar-refractivity contribution is 5.81. The highest BCUT2D eigenvalue weighted by Gasteiger charge is 2.56. The molecule has 0 radical (unpaired) electrons. The quantitative estimate of drug-likeness (QED) is 0.0610. The normalized spacial score (nSPS) is 50.5. The van der Waals surface area contributed by atoms with E-state index >= 15 is 0 Å². The van der Waals surface area contributed by atoms with Crippen molar-refractivity contribution in [3.63, 3.8) is 0 Å². The monoisotopic (exact) mass is 924 g/mol. The maximum Gasteiger partial charge on any atom is 0.330 e. The van der Waals surface area contributed by atoms with Gasteiger partial charge in [0, 0.05) is 18.4 Å². The van der Waals surface area contributed by atoms with Crippen LogP contribution in [0.5, 0.6) is 0 Å². The van der Waals surface area contributed by atoms with E-state index in [1.807, 2.05) is 0 Å². The maximum atomic E-state index is 12.9. The Balaban J connectivity index is 1.14. The summed E-state index contributed by atoms with van der Waals surface area (Å²) >= 11 is 0. The molecule has 7 aliphatic rings. The SMILES string of the molecule is O=C(C=CC1CCC(O)CC1)OCC1OC(OC2CC3C(OC4OC(CO)C(O)C(O)C4O)CC(O)CC3OC2C2CCC(O)CC2)C(OC2OC(CO)C(O)C(O)C2O)C(O)C1O. The number of fused-ring (bicyclic) bond motifs is 1. The molecule has 4 saturated heterocycles. The zero-order chi connectivity index (χ0) is 46.0. The van der Waals surface area contributed by atoms with Gasteiger partial charge in [0.15, 0.2) is 18.9 Å². The van der Waals surface area contributed by atoms with Crippen LogP contribution in [0.2, 0.25) is 0 Å². The van der Waals surface area contributed by atoms with E-state index in [0.717, 1.165) is 0 Å². The Labute approximate surface area is 369 Å². The van der Waals surface area contributed by atoms with Crippen LogP contribution in [0.4, 0.5) is 0 Å². The number of carbonyl (C=O) groups is 1. The summed E-state index contributed by atoms with van der Waals surface area (Å²) < 4.78 is 48.7. The Hall–Kier alpha value is -1.59. The first-order chi connectivity index (χ1) is 30.6. The van der Waals surface area contributed by atoms with E-state index in [2.05, 4.69) is 0 Å². The van der Waals surface area contributed by atoms with E-state index in [9.17, 15) is 71.2 Å². The molecule has 22 heteroatoms. The van der Waals surface area contributed by atoms with Crippen molar-refractivity contribution in [1.29, 1.82) is 0 Å². The zero-order valence-electron chi connectivity index (χ0n) is 35.5. The van der Waals surface area contributed by atoms with E-state index in [-0.39, 0.29) is 37.2 Å². The van der Waals surface area contributed by atoms with Crippen LogP contribution in [-0.4, -0.2) is 227 Å². The Morgan fingerprint density at radius 2 is 1.05 bits per heavy atom. The number of aliphatic hydroxyl groups is 13. The van der Waals surface area contributed by atoms with Crippen LogP contribution in [0.3, 0.4) is 0 Å². The lowest BCUT2D eigenvalue weighted by Crippen LogP contribution is -2.66. The summed E-state index contributed by atoms with van der Waals surface area (Å²) in [5, 5.41) is 138. The molecule has 13 N–H and O–H groups in total. The summed E-state index contributed by atoms with van der Waals surface area (Å²) in [7, 11) is 0.